The Morgan fingerprint density at radius 2 is 1.84 bits per heavy atom. The fourth-order valence-corrected chi connectivity index (χ4v) is 4.45. The van der Waals surface area contributed by atoms with Crippen molar-refractivity contribution in [1.29, 1.82) is 0 Å². The molecule has 0 spiro atoms. The number of esters is 1. The smallest absolute Gasteiger partial charge is 0.358 e. The molecule has 3 heterocycles. The first-order valence-electron chi connectivity index (χ1n) is 10.4. The summed E-state index contributed by atoms with van der Waals surface area (Å²) in [6, 6.07) is 12.1. The number of piperidine rings is 1. The van der Waals surface area contributed by atoms with Gasteiger partial charge < -0.3 is 9.64 Å². The summed E-state index contributed by atoms with van der Waals surface area (Å²) in [6.07, 6.45) is 5.32. The second-order valence-electron chi connectivity index (χ2n) is 7.62. The van der Waals surface area contributed by atoms with Gasteiger partial charge in [0.1, 0.15) is 0 Å². The maximum Gasteiger partial charge on any atom is 0.358 e. The molecule has 1 fully saturated rings. The molecule has 0 N–H and O–H groups in total. The lowest BCUT2D eigenvalue weighted by Gasteiger charge is -2.33. The number of thiazole rings is 1. The van der Waals surface area contributed by atoms with Gasteiger partial charge in [-0.3, -0.25) is 4.79 Å². The highest BCUT2D eigenvalue weighted by Crippen LogP contribution is 2.23. The van der Waals surface area contributed by atoms with Crippen LogP contribution in [0.25, 0.3) is 10.8 Å². The molecule has 7 nitrogen and oxygen atoms in total. The van der Waals surface area contributed by atoms with Crippen LogP contribution in [0.1, 0.15) is 35.8 Å². The zero-order valence-electron chi connectivity index (χ0n) is 17.3. The SMILES string of the molecule is CC(OC(=O)c1csc(-c2ncccn2)n1)C(=O)N1CCC(Cc2ccccc2)CC1. The first-order chi connectivity index (χ1) is 15.1. The van der Waals surface area contributed by atoms with Crippen molar-refractivity contribution in [2.45, 2.75) is 32.3 Å². The number of rotatable bonds is 6. The topological polar surface area (TPSA) is 85.3 Å². The summed E-state index contributed by atoms with van der Waals surface area (Å²) >= 11 is 1.26. The Hall–Kier alpha value is -3.13. The van der Waals surface area contributed by atoms with Crippen molar-refractivity contribution in [3.05, 3.63) is 65.4 Å². The van der Waals surface area contributed by atoms with Gasteiger partial charge in [-0.25, -0.2) is 19.7 Å². The van der Waals surface area contributed by atoms with Gasteiger partial charge in [-0.1, -0.05) is 30.3 Å². The zero-order chi connectivity index (χ0) is 21.6. The first kappa shape index (κ1) is 21.1. The number of amides is 1. The molecule has 0 aliphatic carbocycles. The minimum absolute atomic E-state index is 0.159. The summed E-state index contributed by atoms with van der Waals surface area (Å²) in [5, 5.41) is 2.13. The second-order valence-corrected chi connectivity index (χ2v) is 8.47. The lowest BCUT2D eigenvalue weighted by molar-refractivity contribution is -0.141. The third-order valence-electron chi connectivity index (χ3n) is 5.40. The molecule has 1 unspecified atom stereocenters. The molecule has 1 aliphatic rings. The Morgan fingerprint density at radius 1 is 1.13 bits per heavy atom. The van der Waals surface area contributed by atoms with E-state index in [1.807, 2.05) is 6.07 Å². The van der Waals surface area contributed by atoms with E-state index in [4.69, 9.17) is 4.74 Å². The third kappa shape index (κ3) is 5.32. The number of hydrogen-bond acceptors (Lipinski definition) is 7. The van der Waals surface area contributed by atoms with Gasteiger partial charge in [0.05, 0.1) is 0 Å². The number of ether oxygens (including phenoxy) is 1. The molecule has 0 bridgehead atoms. The molecule has 8 heteroatoms. The third-order valence-corrected chi connectivity index (χ3v) is 6.23. The number of likely N-dealkylation sites (tertiary alicyclic amines) is 1. The molecule has 1 aromatic carbocycles. The average Bonchev–Trinajstić information content (AvgIpc) is 3.31. The van der Waals surface area contributed by atoms with Crippen molar-refractivity contribution in [3.8, 4) is 10.8 Å². The summed E-state index contributed by atoms with van der Waals surface area (Å²) in [5.74, 6) is 0.249. The molecule has 160 valence electrons. The van der Waals surface area contributed by atoms with E-state index in [1.165, 1.54) is 16.9 Å². The number of carbonyl (C=O) groups excluding carboxylic acids is 2. The van der Waals surface area contributed by atoms with E-state index in [9.17, 15) is 9.59 Å². The minimum Gasteiger partial charge on any atom is -0.448 e. The van der Waals surface area contributed by atoms with Gasteiger partial charge in [0.2, 0.25) is 0 Å². The Bertz CT molecular complexity index is 1020. The van der Waals surface area contributed by atoms with E-state index in [0.29, 0.717) is 29.8 Å². The van der Waals surface area contributed by atoms with Crippen LogP contribution in [0.2, 0.25) is 0 Å². The molecule has 2 aromatic heterocycles. The standard InChI is InChI=1S/C23H24N4O3S/c1-16(30-23(29)19-15-31-21(26-19)20-24-10-5-11-25-20)22(28)27-12-8-18(9-13-27)14-17-6-3-2-4-7-17/h2-7,10-11,15-16,18H,8-9,12-14H2,1H3. The monoisotopic (exact) mass is 436 g/mol. The Balaban J connectivity index is 1.28. The van der Waals surface area contributed by atoms with Crippen molar-refractivity contribution in [2.75, 3.05) is 13.1 Å². The van der Waals surface area contributed by atoms with E-state index in [1.54, 1.807) is 35.7 Å². The summed E-state index contributed by atoms with van der Waals surface area (Å²) < 4.78 is 5.40. The van der Waals surface area contributed by atoms with Gasteiger partial charge >= 0.3 is 5.97 Å². The highest BCUT2D eigenvalue weighted by molar-refractivity contribution is 7.13. The Labute approximate surface area is 185 Å². The molecule has 1 atom stereocenters. The van der Waals surface area contributed by atoms with Crippen molar-refractivity contribution in [3.63, 3.8) is 0 Å². The van der Waals surface area contributed by atoms with E-state index in [0.717, 1.165) is 19.3 Å². The predicted molar refractivity (Wildman–Crippen MR) is 117 cm³/mol. The Morgan fingerprint density at radius 3 is 2.55 bits per heavy atom. The second kappa shape index (κ2) is 9.78. The first-order valence-corrected chi connectivity index (χ1v) is 11.2. The maximum absolute atomic E-state index is 12.8. The predicted octanol–water partition coefficient (Wildman–Crippen LogP) is 3.63. The van der Waals surface area contributed by atoms with Crippen LogP contribution in [0.5, 0.6) is 0 Å². The maximum atomic E-state index is 12.8. The van der Waals surface area contributed by atoms with Crippen molar-refractivity contribution < 1.29 is 14.3 Å². The quantitative estimate of drug-likeness (QED) is 0.549. The molecular weight excluding hydrogens is 412 g/mol. The molecule has 0 saturated carbocycles. The highest BCUT2D eigenvalue weighted by Gasteiger charge is 2.29. The lowest BCUT2D eigenvalue weighted by atomic mass is 9.90. The molecule has 3 aromatic rings. The van der Waals surface area contributed by atoms with Crippen LogP contribution in [0.15, 0.2) is 54.2 Å². The normalized spacial score (nSPS) is 15.5. The van der Waals surface area contributed by atoms with E-state index >= 15 is 0 Å². The number of aromatic nitrogens is 3. The van der Waals surface area contributed by atoms with E-state index in [2.05, 4.69) is 39.2 Å². The van der Waals surface area contributed by atoms with Crippen LogP contribution < -0.4 is 0 Å². The van der Waals surface area contributed by atoms with Crippen molar-refractivity contribution in [2.24, 2.45) is 5.92 Å². The number of benzene rings is 1. The zero-order valence-corrected chi connectivity index (χ0v) is 18.1. The van der Waals surface area contributed by atoms with Crippen molar-refractivity contribution in [1.82, 2.24) is 19.9 Å². The van der Waals surface area contributed by atoms with Crippen LogP contribution in [-0.4, -0.2) is 50.9 Å². The minimum atomic E-state index is -0.851. The summed E-state index contributed by atoms with van der Waals surface area (Å²) in [7, 11) is 0. The molecule has 1 aliphatic heterocycles. The van der Waals surface area contributed by atoms with Gasteiger partial charge in [-0.15, -0.1) is 11.3 Å². The fraction of sp³-hybridized carbons (Fsp3) is 0.348. The number of hydrogen-bond donors (Lipinski definition) is 0. The largest absolute Gasteiger partial charge is 0.448 e. The van der Waals surface area contributed by atoms with E-state index < -0.39 is 12.1 Å². The highest BCUT2D eigenvalue weighted by atomic mass is 32.1. The van der Waals surface area contributed by atoms with Gasteiger partial charge in [0.25, 0.3) is 5.91 Å². The fourth-order valence-electron chi connectivity index (χ4n) is 3.71. The van der Waals surface area contributed by atoms with Gasteiger partial charge in [0, 0.05) is 30.9 Å². The van der Waals surface area contributed by atoms with Gasteiger partial charge in [-0.05, 0) is 43.7 Å². The van der Waals surface area contributed by atoms with E-state index in [-0.39, 0.29) is 11.6 Å². The van der Waals surface area contributed by atoms with Crippen LogP contribution >= 0.6 is 11.3 Å². The van der Waals surface area contributed by atoms with Gasteiger partial charge in [0.15, 0.2) is 22.6 Å². The number of nitrogens with zero attached hydrogens (tertiary/aromatic N) is 4. The average molecular weight is 437 g/mol. The van der Waals surface area contributed by atoms with Crippen LogP contribution in [0.4, 0.5) is 0 Å². The molecule has 1 amide bonds. The van der Waals surface area contributed by atoms with Crippen molar-refractivity contribution >= 4 is 23.2 Å². The Kier molecular flexibility index (Phi) is 6.66. The summed E-state index contributed by atoms with van der Waals surface area (Å²) in [4.78, 5) is 39.5. The van der Waals surface area contributed by atoms with Crippen LogP contribution in [0.3, 0.4) is 0 Å². The molecule has 1 saturated heterocycles. The van der Waals surface area contributed by atoms with Crippen LogP contribution in [-0.2, 0) is 16.0 Å². The lowest BCUT2D eigenvalue weighted by Crippen LogP contribution is -2.44. The summed E-state index contributed by atoms with van der Waals surface area (Å²) in [5.41, 5.74) is 1.49. The van der Waals surface area contributed by atoms with Gasteiger partial charge in [-0.2, -0.15) is 0 Å². The number of carbonyl (C=O) groups is 2. The van der Waals surface area contributed by atoms with Crippen LogP contribution in [0, 0.1) is 5.92 Å². The molecule has 31 heavy (non-hydrogen) atoms. The molecule has 4 rings (SSSR count). The molecular formula is C23H24N4O3S. The summed E-state index contributed by atoms with van der Waals surface area (Å²) in [6.45, 7) is 2.98. The molecule has 0 radical (unpaired) electrons.